The van der Waals surface area contributed by atoms with Crippen LogP contribution in [0.2, 0.25) is 0 Å². The van der Waals surface area contributed by atoms with Gasteiger partial charge in [-0.2, -0.15) is 0 Å². The van der Waals surface area contributed by atoms with E-state index < -0.39 is 0 Å². The molecule has 110 valence electrons. The van der Waals surface area contributed by atoms with Gasteiger partial charge in [-0.05, 0) is 35.1 Å². The molecule has 1 aromatic rings. The van der Waals surface area contributed by atoms with Crippen molar-refractivity contribution in [2.75, 3.05) is 32.5 Å². The Balaban J connectivity index is 2.49. The lowest BCUT2D eigenvalue weighted by molar-refractivity contribution is -0.136. The second-order valence-electron chi connectivity index (χ2n) is 4.56. The van der Waals surface area contributed by atoms with Gasteiger partial charge in [-0.15, -0.1) is 0 Å². The third-order valence-electron chi connectivity index (χ3n) is 2.68. The van der Waals surface area contributed by atoms with Gasteiger partial charge >= 0.3 is 0 Å². The van der Waals surface area contributed by atoms with Gasteiger partial charge in [-0.25, -0.2) is 4.98 Å². The molecule has 0 saturated heterocycles. The average molecular weight is 343 g/mol. The second-order valence-corrected chi connectivity index (χ2v) is 5.48. The third-order valence-corrected chi connectivity index (χ3v) is 3.15. The van der Waals surface area contributed by atoms with Crippen molar-refractivity contribution < 1.29 is 9.59 Å². The van der Waals surface area contributed by atoms with Crippen LogP contribution in [0.4, 0.5) is 5.82 Å². The molecule has 6 nitrogen and oxygen atoms in total. The normalized spacial score (nSPS) is 11.8. The van der Waals surface area contributed by atoms with E-state index >= 15 is 0 Å². The number of carbonyl (C=O) groups excluding carboxylic acids is 2. The van der Waals surface area contributed by atoms with Crippen LogP contribution in [0.25, 0.3) is 0 Å². The SMILES string of the molecule is CNCC(C)C(=O)N(C)CC(=O)Nc1ccc(Br)cn1. The zero-order chi connectivity index (χ0) is 15.1. The Morgan fingerprint density at radius 1 is 1.45 bits per heavy atom. The molecule has 1 atom stereocenters. The van der Waals surface area contributed by atoms with E-state index in [9.17, 15) is 9.59 Å². The van der Waals surface area contributed by atoms with Crippen LogP contribution >= 0.6 is 15.9 Å². The zero-order valence-electron chi connectivity index (χ0n) is 11.8. The van der Waals surface area contributed by atoms with Gasteiger partial charge in [0.1, 0.15) is 5.82 Å². The molecular formula is C13H19BrN4O2. The van der Waals surface area contributed by atoms with Crippen LogP contribution in [0.1, 0.15) is 6.92 Å². The second kappa shape index (κ2) is 7.96. The molecule has 0 aliphatic carbocycles. The van der Waals surface area contributed by atoms with E-state index in [2.05, 4.69) is 31.5 Å². The summed E-state index contributed by atoms with van der Waals surface area (Å²) in [6.07, 6.45) is 1.60. The molecule has 20 heavy (non-hydrogen) atoms. The van der Waals surface area contributed by atoms with Crippen LogP contribution < -0.4 is 10.6 Å². The molecule has 1 rings (SSSR count). The molecule has 1 unspecified atom stereocenters. The Morgan fingerprint density at radius 2 is 2.15 bits per heavy atom. The van der Waals surface area contributed by atoms with Gasteiger partial charge in [0.05, 0.1) is 6.54 Å². The first-order valence-electron chi connectivity index (χ1n) is 6.25. The van der Waals surface area contributed by atoms with Gasteiger partial charge in [-0.1, -0.05) is 6.92 Å². The van der Waals surface area contributed by atoms with Crippen molar-refractivity contribution in [1.29, 1.82) is 0 Å². The molecule has 2 N–H and O–H groups in total. The average Bonchev–Trinajstić information content (AvgIpc) is 2.40. The predicted octanol–water partition coefficient (Wildman–Crippen LogP) is 1.10. The summed E-state index contributed by atoms with van der Waals surface area (Å²) in [5.41, 5.74) is 0. The van der Waals surface area contributed by atoms with Gasteiger partial charge in [0.15, 0.2) is 0 Å². The monoisotopic (exact) mass is 342 g/mol. The highest BCUT2D eigenvalue weighted by Crippen LogP contribution is 2.10. The smallest absolute Gasteiger partial charge is 0.245 e. The van der Waals surface area contributed by atoms with Crippen molar-refractivity contribution in [3.05, 3.63) is 22.8 Å². The number of rotatable bonds is 6. The topological polar surface area (TPSA) is 74.3 Å². The number of carbonyl (C=O) groups is 2. The lowest BCUT2D eigenvalue weighted by Crippen LogP contribution is -2.40. The lowest BCUT2D eigenvalue weighted by atomic mass is 10.1. The van der Waals surface area contributed by atoms with Gasteiger partial charge in [0.2, 0.25) is 11.8 Å². The summed E-state index contributed by atoms with van der Waals surface area (Å²) in [7, 11) is 3.40. The number of anilines is 1. The summed E-state index contributed by atoms with van der Waals surface area (Å²) in [6.45, 7) is 2.41. The van der Waals surface area contributed by atoms with E-state index in [0.717, 1.165) is 4.47 Å². The largest absolute Gasteiger partial charge is 0.336 e. The summed E-state index contributed by atoms with van der Waals surface area (Å²) in [5, 5.41) is 5.58. The fourth-order valence-corrected chi connectivity index (χ4v) is 1.93. The molecule has 0 fully saturated rings. The fourth-order valence-electron chi connectivity index (χ4n) is 1.70. The van der Waals surface area contributed by atoms with Gasteiger partial charge in [0.25, 0.3) is 0 Å². The maximum atomic E-state index is 11.9. The molecule has 0 spiro atoms. The Bertz CT molecular complexity index is 464. The number of hydrogen-bond acceptors (Lipinski definition) is 4. The summed E-state index contributed by atoms with van der Waals surface area (Å²) >= 11 is 3.27. The van der Waals surface area contributed by atoms with Crippen molar-refractivity contribution in [3.8, 4) is 0 Å². The maximum absolute atomic E-state index is 11.9. The molecule has 0 aliphatic heterocycles. The van der Waals surface area contributed by atoms with E-state index in [1.54, 1.807) is 32.4 Å². The Morgan fingerprint density at radius 3 is 2.70 bits per heavy atom. The number of aromatic nitrogens is 1. The van der Waals surface area contributed by atoms with E-state index in [1.165, 1.54) is 4.90 Å². The van der Waals surface area contributed by atoms with Crippen LogP contribution in [-0.2, 0) is 9.59 Å². The molecule has 0 aromatic carbocycles. The summed E-state index contributed by atoms with van der Waals surface area (Å²) in [4.78, 5) is 29.2. The highest BCUT2D eigenvalue weighted by Gasteiger charge is 2.18. The van der Waals surface area contributed by atoms with Crippen molar-refractivity contribution >= 4 is 33.6 Å². The van der Waals surface area contributed by atoms with Crippen LogP contribution in [0, 0.1) is 5.92 Å². The number of pyridine rings is 1. The minimum Gasteiger partial charge on any atom is -0.336 e. The first-order chi connectivity index (χ1) is 9.43. The highest BCUT2D eigenvalue weighted by molar-refractivity contribution is 9.10. The van der Waals surface area contributed by atoms with Crippen LogP contribution in [-0.4, -0.2) is 48.9 Å². The Hall–Kier alpha value is -1.47. The van der Waals surface area contributed by atoms with Crippen molar-refractivity contribution in [3.63, 3.8) is 0 Å². The number of hydrogen-bond donors (Lipinski definition) is 2. The van der Waals surface area contributed by atoms with E-state index in [-0.39, 0.29) is 24.3 Å². The standard InChI is InChI=1S/C13H19BrN4O2/c1-9(6-15-2)13(20)18(3)8-12(19)17-11-5-4-10(14)7-16-11/h4-5,7,9,15H,6,8H2,1-3H3,(H,16,17,19). The quantitative estimate of drug-likeness (QED) is 0.811. The Kier molecular flexibility index (Phi) is 6.60. The summed E-state index contributed by atoms with van der Waals surface area (Å²) in [6, 6.07) is 3.47. The minimum absolute atomic E-state index is 0.00459. The van der Waals surface area contributed by atoms with Gasteiger partial charge < -0.3 is 15.5 Å². The highest BCUT2D eigenvalue weighted by atomic mass is 79.9. The van der Waals surface area contributed by atoms with Crippen molar-refractivity contribution in [1.82, 2.24) is 15.2 Å². The molecule has 1 aromatic heterocycles. The third kappa shape index (κ3) is 5.26. The van der Waals surface area contributed by atoms with E-state index in [0.29, 0.717) is 12.4 Å². The van der Waals surface area contributed by atoms with E-state index in [4.69, 9.17) is 0 Å². The van der Waals surface area contributed by atoms with Gasteiger partial charge in [-0.3, -0.25) is 9.59 Å². The van der Waals surface area contributed by atoms with Crippen molar-refractivity contribution in [2.45, 2.75) is 6.92 Å². The predicted molar refractivity (Wildman–Crippen MR) is 81.3 cm³/mol. The molecule has 0 radical (unpaired) electrons. The molecule has 2 amide bonds. The first-order valence-corrected chi connectivity index (χ1v) is 7.04. The maximum Gasteiger partial charge on any atom is 0.245 e. The van der Waals surface area contributed by atoms with Crippen LogP contribution in [0.5, 0.6) is 0 Å². The molecule has 0 aliphatic rings. The molecule has 7 heteroatoms. The number of likely N-dealkylation sites (N-methyl/N-ethyl adjacent to an activating group) is 1. The molecule has 1 heterocycles. The summed E-state index contributed by atoms with van der Waals surface area (Å²) in [5.74, 6) is -0.0449. The number of nitrogens with zero attached hydrogens (tertiary/aromatic N) is 2. The van der Waals surface area contributed by atoms with E-state index in [1.807, 2.05) is 6.92 Å². The number of halogens is 1. The lowest BCUT2D eigenvalue weighted by Gasteiger charge is -2.20. The zero-order valence-corrected chi connectivity index (χ0v) is 13.4. The van der Waals surface area contributed by atoms with Crippen LogP contribution in [0.3, 0.4) is 0 Å². The fraction of sp³-hybridized carbons (Fsp3) is 0.462. The number of nitrogens with one attached hydrogen (secondary N) is 2. The van der Waals surface area contributed by atoms with Gasteiger partial charge in [0, 0.05) is 30.2 Å². The first kappa shape index (κ1) is 16.6. The number of amides is 2. The van der Waals surface area contributed by atoms with Crippen LogP contribution in [0.15, 0.2) is 22.8 Å². The van der Waals surface area contributed by atoms with Crippen molar-refractivity contribution in [2.24, 2.45) is 5.92 Å². The molecular weight excluding hydrogens is 324 g/mol. The Labute approximate surface area is 127 Å². The molecule has 0 saturated carbocycles. The molecule has 0 bridgehead atoms. The summed E-state index contributed by atoms with van der Waals surface area (Å²) < 4.78 is 0.837. The minimum atomic E-state index is -0.271.